The van der Waals surface area contributed by atoms with E-state index in [-0.39, 0.29) is 18.2 Å². The molecule has 2 rings (SSSR count). The molecule has 3 N–H and O–H groups in total. The minimum absolute atomic E-state index is 0.167. The standard InChI is InChI=1S/C19H21N3O3/c1-12-4-5-17(10-13(12)2)22-19(25)11-18(24)21-16-8-6-15(7-9-16)20-14(3)23/h4-10H,11H2,1-3H3,(H,20,23)(H,21,24)(H,22,25). The van der Waals surface area contributed by atoms with Crippen molar-refractivity contribution in [2.75, 3.05) is 16.0 Å². The summed E-state index contributed by atoms with van der Waals surface area (Å²) in [6.07, 6.45) is -0.277. The van der Waals surface area contributed by atoms with E-state index in [1.807, 2.05) is 26.0 Å². The van der Waals surface area contributed by atoms with Crippen LogP contribution in [0.1, 0.15) is 24.5 Å². The van der Waals surface area contributed by atoms with Crippen molar-refractivity contribution in [2.45, 2.75) is 27.2 Å². The molecule has 3 amide bonds. The van der Waals surface area contributed by atoms with E-state index >= 15 is 0 Å². The molecule has 2 aromatic carbocycles. The minimum atomic E-state index is -0.409. The topological polar surface area (TPSA) is 87.3 Å². The quantitative estimate of drug-likeness (QED) is 0.731. The van der Waals surface area contributed by atoms with Gasteiger partial charge in [-0.1, -0.05) is 6.07 Å². The van der Waals surface area contributed by atoms with Crippen LogP contribution in [0.15, 0.2) is 42.5 Å². The number of carbonyl (C=O) groups excluding carboxylic acids is 3. The van der Waals surface area contributed by atoms with E-state index in [9.17, 15) is 14.4 Å². The van der Waals surface area contributed by atoms with Crippen molar-refractivity contribution in [2.24, 2.45) is 0 Å². The third-order valence-electron chi connectivity index (χ3n) is 3.60. The molecule has 0 fully saturated rings. The lowest BCUT2D eigenvalue weighted by molar-refractivity contribution is -0.123. The second-order valence-electron chi connectivity index (χ2n) is 5.83. The molecule has 0 aliphatic rings. The lowest BCUT2D eigenvalue weighted by Crippen LogP contribution is -2.21. The van der Waals surface area contributed by atoms with Gasteiger partial charge in [-0.25, -0.2) is 0 Å². The monoisotopic (exact) mass is 339 g/mol. The Morgan fingerprint density at radius 3 is 1.72 bits per heavy atom. The van der Waals surface area contributed by atoms with Crippen molar-refractivity contribution >= 4 is 34.8 Å². The maximum atomic E-state index is 12.0. The highest BCUT2D eigenvalue weighted by Crippen LogP contribution is 2.15. The number of anilines is 3. The van der Waals surface area contributed by atoms with Gasteiger partial charge in [-0.3, -0.25) is 14.4 Å². The Labute approximate surface area is 146 Å². The first-order valence-electron chi connectivity index (χ1n) is 7.88. The van der Waals surface area contributed by atoms with E-state index in [1.165, 1.54) is 6.92 Å². The Hall–Kier alpha value is -3.15. The molecule has 25 heavy (non-hydrogen) atoms. The van der Waals surface area contributed by atoms with E-state index in [2.05, 4.69) is 16.0 Å². The van der Waals surface area contributed by atoms with Crippen molar-refractivity contribution in [1.29, 1.82) is 0 Å². The van der Waals surface area contributed by atoms with Crippen LogP contribution >= 0.6 is 0 Å². The third-order valence-corrected chi connectivity index (χ3v) is 3.60. The van der Waals surface area contributed by atoms with Gasteiger partial charge in [0.1, 0.15) is 6.42 Å². The van der Waals surface area contributed by atoms with Crippen LogP contribution in [-0.2, 0) is 14.4 Å². The van der Waals surface area contributed by atoms with E-state index in [0.717, 1.165) is 11.1 Å². The normalized spacial score (nSPS) is 10.0. The van der Waals surface area contributed by atoms with Gasteiger partial charge in [-0.05, 0) is 61.4 Å². The zero-order valence-corrected chi connectivity index (χ0v) is 14.5. The van der Waals surface area contributed by atoms with Crippen LogP contribution < -0.4 is 16.0 Å². The van der Waals surface area contributed by atoms with Crippen molar-refractivity contribution < 1.29 is 14.4 Å². The first-order chi connectivity index (χ1) is 11.8. The van der Waals surface area contributed by atoms with E-state index in [0.29, 0.717) is 17.1 Å². The molecule has 0 saturated carbocycles. The number of benzene rings is 2. The maximum absolute atomic E-state index is 12.0. The molecule has 0 radical (unpaired) electrons. The van der Waals surface area contributed by atoms with Gasteiger partial charge in [0.05, 0.1) is 0 Å². The van der Waals surface area contributed by atoms with Gasteiger partial charge in [-0.2, -0.15) is 0 Å². The highest BCUT2D eigenvalue weighted by Gasteiger charge is 2.10. The van der Waals surface area contributed by atoms with Gasteiger partial charge in [0, 0.05) is 24.0 Å². The molecular formula is C19H21N3O3. The van der Waals surface area contributed by atoms with Gasteiger partial charge in [-0.15, -0.1) is 0 Å². The fraction of sp³-hybridized carbons (Fsp3) is 0.211. The van der Waals surface area contributed by atoms with Gasteiger partial charge >= 0.3 is 0 Å². The van der Waals surface area contributed by atoms with E-state index in [4.69, 9.17) is 0 Å². The number of carbonyl (C=O) groups is 3. The number of rotatable bonds is 5. The molecule has 0 aliphatic carbocycles. The SMILES string of the molecule is CC(=O)Nc1ccc(NC(=O)CC(=O)Nc2ccc(C)c(C)c2)cc1. The number of hydrogen-bond donors (Lipinski definition) is 3. The second kappa shape index (κ2) is 8.10. The predicted octanol–water partition coefficient (Wildman–Crippen LogP) is 3.23. The molecule has 0 saturated heterocycles. The fourth-order valence-electron chi connectivity index (χ4n) is 2.22. The molecule has 0 heterocycles. The summed E-state index contributed by atoms with van der Waals surface area (Å²) in [5.74, 6) is -0.955. The van der Waals surface area contributed by atoms with Crippen molar-refractivity contribution in [3.63, 3.8) is 0 Å². The molecule has 0 atom stereocenters. The van der Waals surface area contributed by atoms with Crippen LogP contribution in [0.4, 0.5) is 17.1 Å². The summed E-state index contributed by atoms with van der Waals surface area (Å²) in [4.78, 5) is 34.9. The summed E-state index contributed by atoms with van der Waals surface area (Å²) in [7, 11) is 0. The number of amides is 3. The van der Waals surface area contributed by atoms with Crippen molar-refractivity contribution in [3.05, 3.63) is 53.6 Å². The molecule has 6 heteroatoms. The van der Waals surface area contributed by atoms with Gasteiger partial charge < -0.3 is 16.0 Å². The molecule has 130 valence electrons. The van der Waals surface area contributed by atoms with Crippen LogP contribution in [0.2, 0.25) is 0 Å². The summed E-state index contributed by atoms with van der Waals surface area (Å²) in [5.41, 5.74) is 4.07. The summed E-state index contributed by atoms with van der Waals surface area (Å²) >= 11 is 0. The molecule has 0 aliphatic heterocycles. The summed E-state index contributed by atoms with van der Waals surface area (Å²) in [6.45, 7) is 5.37. The molecule has 0 unspecified atom stereocenters. The average molecular weight is 339 g/mol. The zero-order chi connectivity index (χ0) is 18.4. The van der Waals surface area contributed by atoms with Crippen LogP contribution in [-0.4, -0.2) is 17.7 Å². The Morgan fingerprint density at radius 2 is 1.20 bits per heavy atom. The first kappa shape index (κ1) is 18.2. The molecule has 0 aromatic heterocycles. The highest BCUT2D eigenvalue weighted by molar-refractivity contribution is 6.08. The third kappa shape index (κ3) is 5.76. The Balaban J connectivity index is 1.87. The lowest BCUT2D eigenvalue weighted by Gasteiger charge is -2.09. The summed E-state index contributed by atoms with van der Waals surface area (Å²) in [5, 5.41) is 7.99. The van der Waals surface area contributed by atoms with Crippen molar-refractivity contribution in [1.82, 2.24) is 0 Å². The second-order valence-corrected chi connectivity index (χ2v) is 5.83. The number of hydrogen-bond acceptors (Lipinski definition) is 3. The van der Waals surface area contributed by atoms with Gasteiger partial charge in [0.2, 0.25) is 17.7 Å². The van der Waals surface area contributed by atoms with E-state index < -0.39 is 5.91 Å². The Kier molecular flexibility index (Phi) is 5.89. The number of aryl methyl sites for hydroxylation is 2. The van der Waals surface area contributed by atoms with Crippen molar-refractivity contribution in [3.8, 4) is 0 Å². The Bertz CT molecular complexity index is 798. The number of nitrogens with one attached hydrogen (secondary N) is 3. The van der Waals surface area contributed by atoms with Crippen LogP contribution in [0, 0.1) is 13.8 Å². The Morgan fingerprint density at radius 1 is 0.720 bits per heavy atom. The predicted molar refractivity (Wildman–Crippen MR) is 98.5 cm³/mol. The molecule has 0 spiro atoms. The van der Waals surface area contributed by atoms with Gasteiger partial charge in [0.25, 0.3) is 0 Å². The average Bonchev–Trinajstić information content (AvgIpc) is 2.52. The smallest absolute Gasteiger partial charge is 0.233 e. The fourth-order valence-corrected chi connectivity index (χ4v) is 2.22. The maximum Gasteiger partial charge on any atom is 0.233 e. The largest absolute Gasteiger partial charge is 0.326 e. The first-order valence-corrected chi connectivity index (χ1v) is 7.88. The van der Waals surface area contributed by atoms with Crippen LogP contribution in [0.25, 0.3) is 0 Å². The molecule has 6 nitrogen and oxygen atoms in total. The van der Waals surface area contributed by atoms with Crippen LogP contribution in [0.5, 0.6) is 0 Å². The lowest BCUT2D eigenvalue weighted by atomic mass is 10.1. The van der Waals surface area contributed by atoms with Gasteiger partial charge in [0.15, 0.2) is 0 Å². The van der Waals surface area contributed by atoms with Crippen LogP contribution in [0.3, 0.4) is 0 Å². The summed E-state index contributed by atoms with van der Waals surface area (Å²) < 4.78 is 0. The zero-order valence-electron chi connectivity index (χ0n) is 14.5. The highest BCUT2D eigenvalue weighted by atomic mass is 16.2. The molecular weight excluding hydrogens is 318 g/mol. The summed E-state index contributed by atoms with van der Waals surface area (Å²) in [6, 6.07) is 12.2. The molecule has 2 aromatic rings. The minimum Gasteiger partial charge on any atom is -0.326 e. The van der Waals surface area contributed by atoms with E-state index in [1.54, 1.807) is 30.3 Å². The molecule has 0 bridgehead atoms.